The number of esters is 1. The first-order valence-corrected chi connectivity index (χ1v) is 13.1. The molecular weight excluding hydrogens is 420 g/mol. The minimum absolute atomic E-state index is 0.127. The van der Waals surface area contributed by atoms with Crippen LogP contribution in [-0.2, 0) is 28.8 Å². The highest BCUT2D eigenvalue weighted by atomic mass is 16.5. The van der Waals surface area contributed by atoms with Crippen LogP contribution < -0.4 is 11.5 Å². The van der Waals surface area contributed by atoms with Crippen LogP contribution in [0.4, 0.5) is 0 Å². The van der Waals surface area contributed by atoms with Crippen LogP contribution >= 0.6 is 0 Å². The Kier molecular flexibility index (Phi) is 10.8. The van der Waals surface area contributed by atoms with Gasteiger partial charge in [0.25, 0.3) is 0 Å². The number of carbonyl (C=O) groups excluding carboxylic acids is 1. The van der Waals surface area contributed by atoms with Crippen molar-refractivity contribution >= 4 is 17.6 Å². The van der Waals surface area contributed by atoms with E-state index in [0.29, 0.717) is 6.61 Å². The first-order valence-electron chi connectivity index (χ1n) is 13.1. The summed E-state index contributed by atoms with van der Waals surface area (Å²) in [4.78, 5) is 11.5. The zero-order chi connectivity index (χ0) is 24.2. The molecule has 1 aliphatic carbocycles. The van der Waals surface area contributed by atoms with Gasteiger partial charge in [0.15, 0.2) is 0 Å². The van der Waals surface area contributed by atoms with Gasteiger partial charge in [0.2, 0.25) is 0 Å². The van der Waals surface area contributed by atoms with Crippen LogP contribution in [0.25, 0.3) is 11.6 Å². The largest absolute Gasteiger partial charge is 0.464 e. The topological polar surface area (TPSA) is 78.3 Å². The summed E-state index contributed by atoms with van der Waals surface area (Å²) in [7, 11) is 0. The Balaban J connectivity index is 1.47. The number of hydrogen-bond donors (Lipinski definition) is 2. The van der Waals surface area contributed by atoms with E-state index >= 15 is 0 Å². The molecule has 4 nitrogen and oxygen atoms in total. The predicted octanol–water partition coefficient (Wildman–Crippen LogP) is 5.84. The molecule has 2 aromatic rings. The van der Waals surface area contributed by atoms with Gasteiger partial charge < -0.3 is 16.2 Å². The van der Waals surface area contributed by atoms with Crippen LogP contribution in [0.3, 0.4) is 0 Å². The van der Waals surface area contributed by atoms with E-state index < -0.39 is 12.0 Å². The number of fused-ring (bicyclic) bond motifs is 1. The maximum atomic E-state index is 11.5. The standard InChI is InChI=1S/C30H42N2O2/c1-2-3-6-10-23-14-16-24(17-15-23)26-18-19-28-25(12-9-13-27(28)21-26)11-7-4-5-8-20-34-30(33)29(32)22-31/h9,12-17,21,29H,2-8,10-11,18-20,22,31-32H2,1H3. The molecule has 0 amide bonds. The van der Waals surface area contributed by atoms with Gasteiger partial charge in [0.1, 0.15) is 6.04 Å². The van der Waals surface area contributed by atoms with Gasteiger partial charge in [-0.3, -0.25) is 4.79 Å². The highest BCUT2D eigenvalue weighted by Crippen LogP contribution is 2.33. The van der Waals surface area contributed by atoms with Gasteiger partial charge in [-0.15, -0.1) is 0 Å². The van der Waals surface area contributed by atoms with E-state index in [1.807, 2.05) is 0 Å². The maximum absolute atomic E-state index is 11.5. The van der Waals surface area contributed by atoms with E-state index in [2.05, 4.69) is 55.5 Å². The Morgan fingerprint density at radius 2 is 1.71 bits per heavy atom. The third kappa shape index (κ3) is 7.82. The average molecular weight is 463 g/mol. The Hall–Kier alpha value is -2.43. The van der Waals surface area contributed by atoms with Gasteiger partial charge in [-0.05, 0) is 78.3 Å². The molecule has 0 aliphatic heterocycles. The quantitative estimate of drug-likeness (QED) is 0.273. The van der Waals surface area contributed by atoms with Crippen molar-refractivity contribution in [3.05, 3.63) is 70.3 Å². The molecule has 0 radical (unpaired) electrons. The molecule has 0 spiro atoms. The summed E-state index contributed by atoms with van der Waals surface area (Å²) in [6, 6.07) is 15.3. The molecule has 0 saturated heterocycles. The fourth-order valence-electron chi connectivity index (χ4n) is 4.69. The monoisotopic (exact) mass is 462 g/mol. The van der Waals surface area contributed by atoms with Crippen molar-refractivity contribution in [1.29, 1.82) is 0 Å². The number of nitrogens with two attached hydrogens (primary N) is 2. The minimum Gasteiger partial charge on any atom is -0.464 e. The number of rotatable bonds is 14. The van der Waals surface area contributed by atoms with Crippen molar-refractivity contribution in [2.45, 2.75) is 83.6 Å². The van der Waals surface area contributed by atoms with Crippen LogP contribution in [-0.4, -0.2) is 25.2 Å². The fourth-order valence-corrected chi connectivity index (χ4v) is 4.69. The van der Waals surface area contributed by atoms with Gasteiger partial charge >= 0.3 is 5.97 Å². The van der Waals surface area contributed by atoms with Crippen LogP contribution in [0.15, 0.2) is 42.5 Å². The molecule has 0 heterocycles. The molecule has 3 rings (SSSR count). The molecule has 184 valence electrons. The SMILES string of the molecule is CCCCCc1ccc(C2=Cc3cccc(CCCCCCOC(=O)C(N)CN)c3CC2)cc1. The third-order valence-electron chi connectivity index (χ3n) is 6.82. The number of unbranched alkanes of at least 4 members (excludes halogenated alkanes) is 5. The molecule has 1 unspecified atom stereocenters. The molecule has 0 saturated carbocycles. The second kappa shape index (κ2) is 14.1. The highest BCUT2D eigenvalue weighted by molar-refractivity contribution is 5.84. The summed E-state index contributed by atoms with van der Waals surface area (Å²) in [5.74, 6) is -0.395. The number of ether oxygens (including phenoxy) is 1. The normalized spacial score (nSPS) is 13.8. The lowest BCUT2D eigenvalue weighted by atomic mass is 9.85. The molecule has 0 fully saturated rings. The molecular formula is C30H42N2O2. The maximum Gasteiger partial charge on any atom is 0.324 e. The second-order valence-electron chi connectivity index (χ2n) is 9.48. The van der Waals surface area contributed by atoms with Crippen LogP contribution in [0.2, 0.25) is 0 Å². The summed E-state index contributed by atoms with van der Waals surface area (Å²) in [5, 5.41) is 0. The average Bonchev–Trinajstić information content (AvgIpc) is 2.87. The zero-order valence-electron chi connectivity index (χ0n) is 20.9. The van der Waals surface area contributed by atoms with Crippen molar-refractivity contribution in [1.82, 2.24) is 0 Å². The molecule has 4 N–H and O–H groups in total. The molecule has 1 atom stereocenters. The summed E-state index contributed by atoms with van der Waals surface area (Å²) < 4.78 is 5.16. The summed E-state index contributed by atoms with van der Waals surface area (Å²) in [6.45, 7) is 2.81. The first kappa shape index (κ1) is 26.2. The minimum atomic E-state index is -0.700. The number of hydrogen-bond acceptors (Lipinski definition) is 4. The number of aryl methyl sites for hydroxylation is 2. The summed E-state index contributed by atoms with van der Waals surface area (Å²) >= 11 is 0. The Labute approximate surface area is 205 Å². The van der Waals surface area contributed by atoms with E-state index in [4.69, 9.17) is 16.2 Å². The summed E-state index contributed by atoms with van der Waals surface area (Å²) in [6.07, 6.45) is 15.0. The molecule has 2 aromatic carbocycles. The van der Waals surface area contributed by atoms with Crippen molar-refractivity contribution < 1.29 is 9.53 Å². The van der Waals surface area contributed by atoms with Gasteiger partial charge in [-0.1, -0.05) is 81.1 Å². The van der Waals surface area contributed by atoms with Crippen molar-refractivity contribution in [2.24, 2.45) is 11.5 Å². The number of allylic oxidation sites excluding steroid dienone is 1. The van der Waals surface area contributed by atoms with Gasteiger partial charge in [0, 0.05) is 6.54 Å². The predicted molar refractivity (Wildman–Crippen MR) is 142 cm³/mol. The molecule has 0 bridgehead atoms. The van der Waals surface area contributed by atoms with E-state index in [0.717, 1.165) is 44.9 Å². The van der Waals surface area contributed by atoms with Crippen molar-refractivity contribution in [3.63, 3.8) is 0 Å². The van der Waals surface area contributed by atoms with E-state index in [-0.39, 0.29) is 6.54 Å². The Morgan fingerprint density at radius 1 is 0.941 bits per heavy atom. The Morgan fingerprint density at radius 3 is 2.47 bits per heavy atom. The third-order valence-corrected chi connectivity index (χ3v) is 6.82. The lowest BCUT2D eigenvalue weighted by molar-refractivity contribution is -0.145. The second-order valence-corrected chi connectivity index (χ2v) is 9.48. The molecule has 34 heavy (non-hydrogen) atoms. The fraction of sp³-hybridized carbons (Fsp3) is 0.500. The van der Waals surface area contributed by atoms with Crippen molar-refractivity contribution in [3.8, 4) is 0 Å². The van der Waals surface area contributed by atoms with Crippen molar-refractivity contribution in [2.75, 3.05) is 13.2 Å². The van der Waals surface area contributed by atoms with Crippen LogP contribution in [0, 0.1) is 0 Å². The zero-order valence-corrected chi connectivity index (χ0v) is 20.9. The first-order chi connectivity index (χ1) is 16.6. The van der Waals surface area contributed by atoms with E-state index in [1.54, 1.807) is 0 Å². The lowest BCUT2D eigenvalue weighted by Gasteiger charge is -2.20. The summed E-state index contributed by atoms with van der Waals surface area (Å²) in [5.41, 5.74) is 19.6. The Bertz CT molecular complexity index is 933. The number of benzene rings is 2. The van der Waals surface area contributed by atoms with Gasteiger partial charge in [-0.25, -0.2) is 0 Å². The number of carbonyl (C=O) groups is 1. The smallest absolute Gasteiger partial charge is 0.324 e. The van der Waals surface area contributed by atoms with Gasteiger partial charge in [0.05, 0.1) is 6.61 Å². The highest BCUT2D eigenvalue weighted by Gasteiger charge is 2.15. The molecule has 4 heteroatoms. The molecule has 0 aromatic heterocycles. The lowest BCUT2D eigenvalue weighted by Crippen LogP contribution is -2.39. The molecule has 1 aliphatic rings. The van der Waals surface area contributed by atoms with Gasteiger partial charge in [-0.2, -0.15) is 0 Å². The van der Waals surface area contributed by atoms with Crippen LogP contribution in [0.5, 0.6) is 0 Å². The van der Waals surface area contributed by atoms with E-state index in [9.17, 15) is 4.79 Å². The van der Waals surface area contributed by atoms with Crippen LogP contribution in [0.1, 0.15) is 86.1 Å². The van der Waals surface area contributed by atoms with E-state index in [1.165, 1.54) is 59.1 Å².